The second kappa shape index (κ2) is 6.24. The van der Waals surface area contributed by atoms with Gasteiger partial charge in [-0.25, -0.2) is 0 Å². The number of aliphatic carboxylic acids is 1. The quantitative estimate of drug-likeness (QED) is 0.781. The van der Waals surface area contributed by atoms with E-state index in [4.69, 9.17) is 10.4 Å². The van der Waals surface area contributed by atoms with Gasteiger partial charge in [-0.15, -0.1) is 0 Å². The molecular formula is C12H18N2O3. The van der Waals surface area contributed by atoms with Gasteiger partial charge in [0.25, 0.3) is 0 Å². The fourth-order valence-electron chi connectivity index (χ4n) is 2.30. The normalized spacial score (nSPS) is 23.1. The number of carbonyl (C=O) groups is 2. The van der Waals surface area contributed by atoms with E-state index in [1.54, 1.807) is 4.90 Å². The molecule has 94 valence electrons. The Morgan fingerprint density at radius 2 is 2.06 bits per heavy atom. The number of nitriles is 1. The molecule has 0 radical (unpaired) electrons. The van der Waals surface area contributed by atoms with Crippen molar-refractivity contribution in [1.82, 2.24) is 4.90 Å². The maximum absolute atomic E-state index is 12.1. The van der Waals surface area contributed by atoms with Crippen LogP contribution in [0.15, 0.2) is 0 Å². The molecule has 5 heteroatoms. The zero-order chi connectivity index (χ0) is 12.8. The van der Waals surface area contributed by atoms with Crippen molar-refractivity contribution in [1.29, 1.82) is 5.26 Å². The largest absolute Gasteiger partial charge is 0.481 e. The Morgan fingerprint density at radius 3 is 2.53 bits per heavy atom. The summed E-state index contributed by atoms with van der Waals surface area (Å²) < 4.78 is 0. The van der Waals surface area contributed by atoms with Gasteiger partial charge in [-0.1, -0.05) is 0 Å². The molecule has 1 rings (SSSR count). The first-order valence-electron chi connectivity index (χ1n) is 5.98. The third-order valence-corrected chi connectivity index (χ3v) is 3.32. The zero-order valence-electron chi connectivity index (χ0n) is 10.1. The summed E-state index contributed by atoms with van der Waals surface area (Å²) in [6.45, 7) is 2.90. The lowest BCUT2D eigenvalue weighted by Gasteiger charge is -2.23. The van der Waals surface area contributed by atoms with Gasteiger partial charge >= 0.3 is 5.97 Å². The average Bonchev–Trinajstić information content (AvgIpc) is 2.79. The Bertz CT molecular complexity index is 335. The lowest BCUT2D eigenvalue weighted by atomic mass is 10.0. The van der Waals surface area contributed by atoms with Gasteiger partial charge in [-0.3, -0.25) is 9.59 Å². The summed E-state index contributed by atoms with van der Waals surface area (Å²) in [5.74, 6) is -1.35. The molecule has 0 spiro atoms. The highest BCUT2D eigenvalue weighted by Gasteiger charge is 2.35. The molecule has 17 heavy (non-hydrogen) atoms. The smallest absolute Gasteiger partial charge is 0.306 e. The van der Waals surface area contributed by atoms with E-state index in [1.165, 1.54) is 0 Å². The molecule has 0 aromatic heterocycles. The summed E-state index contributed by atoms with van der Waals surface area (Å²) in [5, 5.41) is 17.4. The number of amides is 1. The highest BCUT2D eigenvalue weighted by molar-refractivity contribution is 5.81. The van der Waals surface area contributed by atoms with Gasteiger partial charge in [0.2, 0.25) is 5.91 Å². The molecule has 2 unspecified atom stereocenters. The van der Waals surface area contributed by atoms with E-state index in [2.05, 4.69) is 0 Å². The van der Waals surface area contributed by atoms with E-state index < -0.39 is 5.97 Å². The van der Waals surface area contributed by atoms with Crippen LogP contribution in [0, 0.1) is 23.2 Å². The monoisotopic (exact) mass is 238 g/mol. The minimum absolute atomic E-state index is 0.00602. The summed E-state index contributed by atoms with van der Waals surface area (Å²) in [4.78, 5) is 24.5. The fourth-order valence-corrected chi connectivity index (χ4v) is 2.30. The second-order valence-corrected chi connectivity index (χ2v) is 4.37. The Balaban J connectivity index is 2.52. The fraction of sp³-hybridized carbons (Fsp3) is 0.750. The molecule has 0 aromatic carbocycles. The average molecular weight is 238 g/mol. The topological polar surface area (TPSA) is 81.4 Å². The number of hydrogen-bond donors (Lipinski definition) is 1. The summed E-state index contributed by atoms with van der Waals surface area (Å²) in [5.41, 5.74) is 0. The molecule has 1 saturated carbocycles. The van der Waals surface area contributed by atoms with Gasteiger partial charge < -0.3 is 10.0 Å². The molecule has 2 atom stereocenters. The predicted octanol–water partition coefficient (Wildman–Crippen LogP) is 1.25. The highest BCUT2D eigenvalue weighted by Crippen LogP contribution is 2.32. The first-order chi connectivity index (χ1) is 8.10. The van der Waals surface area contributed by atoms with Crippen molar-refractivity contribution in [3.8, 4) is 6.07 Å². The van der Waals surface area contributed by atoms with Gasteiger partial charge in [0.05, 0.1) is 18.4 Å². The van der Waals surface area contributed by atoms with Crippen LogP contribution in [0.1, 0.15) is 32.6 Å². The molecule has 0 heterocycles. The van der Waals surface area contributed by atoms with E-state index in [0.29, 0.717) is 38.8 Å². The molecule has 1 fully saturated rings. The number of carbonyl (C=O) groups excluding carboxylic acids is 1. The second-order valence-electron chi connectivity index (χ2n) is 4.37. The SMILES string of the molecule is CCN(CCC#N)C(=O)C1CCC(C(=O)O)C1. The van der Waals surface area contributed by atoms with Crippen LogP contribution in [0.5, 0.6) is 0 Å². The summed E-state index contributed by atoms with van der Waals surface area (Å²) in [7, 11) is 0. The van der Waals surface area contributed by atoms with Crippen molar-refractivity contribution in [2.24, 2.45) is 11.8 Å². The first kappa shape index (κ1) is 13.5. The van der Waals surface area contributed by atoms with Crippen LogP contribution < -0.4 is 0 Å². The van der Waals surface area contributed by atoms with Gasteiger partial charge in [0, 0.05) is 19.0 Å². The van der Waals surface area contributed by atoms with Crippen molar-refractivity contribution >= 4 is 11.9 Å². The molecule has 0 aromatic rings. The Hall–Kier alpha value is -1.57. The predicted molar refractivity (Wildman–Crippen MR) is 61.0 cm³/mol. The minimum atomic E-state index is -0.805. The van der Waals surface area contributed by atoms with E-state index >= 15 is 0 Å². The van der Waals surface area contributed by atoms with Gasteiger partial charge in [0.15, 0.2) is 0 Å². The van der Waals surface area contributed by atoms with E-state index in [-0.39, 0.29) is 17.7 Å². The molecular weight excluding hydrogens is 220 g/mol. The number of nitrogens with zero attached hydrogens (tertiary/aromatic N) is 2. The van der Waals surface area contributed by atoms with Gasteiger partial charge in [-0.2, -0.15) is 5.26 Å². The van der Waals surface area contributed by atoms with Crippen LogP contribution >= 0.6 is 0 Å². The van der Waals surface area contributed by atoms with Crippen LogP contribution in [-0.4, -0.2) is 35.0 Å². The van der Waals surface area contributed by atoms with Crippen LogP contribution in [0.2, 0.25) is 0 Å². The Labute approximate surface area is 101 Å². The molecule has 1 aliphatic carbocycles. The highest BCUT2D eigenvalue weighted by atomic mass is 16.4. The zero-order valence-corrected chi connectivity index (χ0v) is 10.1. The molecule has 0 aliphatic heterocycles. The number of carboxylic acids is 1. The van der Waals surface area contributed by atoms with Crippen molar-refractivity contribution in [3.05, 3.63) is 0 Å². The molecule has 1 aliphatic rings. The standard InChI is InChI=1S/C12H18N2O3/c1-2-14(7-3-6-13)11(15)9-4-5-10(8-9)12(16)17/h9-10H,2-5,7-8H2,1H3,(H,16,17). The van der Waals surface area contributed by atoms with Gasteiger partial charge in [-0.05, 0) is 26.2 Å². The maximum Gasteiger partial charge on any atom is 0.306 e. The minimum Gasteiger partial charge on any atom is -0.481 e. The number of carboxylic acid groups (broad SMARTS) is 1. The van der Waals surface area contributed by atoms with Crippen molar-refractivity contribution < 1.29 is 14.7 Å². The lowest BCUT2D eigenvalue weighted by Crippen LogP contribution is -2.36. The summed E-state index contributed by atoms with van der Waals surface area (Å²) in [6.07, 6.45) is 2.01. The van der Waals surface area contributed by atoms with Crippen molar-refractivity contribution in [2.75, 3.05) is 13.1 Å². The third-order valence-electron chi connectivity index (χ3n) is 3.32. The van der Waals surface area contributed by atoms with E-state index in [1.807, 2.05) is 13.0 Å². The molecule has 0 bridgehead atoms. The number of hydrogen-bond acceptors (Lipinski definition) is 3. The van der Waals surface area contributed by atoms with Crippen LogP contribution in [0.3, 0.4) is 0 Å². The van der Waals surface area contributed by atoms with Crippen molar-refractivity contribution in [2.45, 2.75) is 32.6 Å². The van der Waals surface area contributed by atoms with Crippen molar-refractivity contribution in [3.63, 3.8) is 0 Å². The molecule has 1 N–H and O–H groups in total. The third kappa shape index (κ3) is 3.45. The van der Waals surface area contributed by atoms with Crippen LogP contribution in [-0.2, 0) is 9.59 Å². The van der Waals surface area contributed by atoms with E-state index in [0.717, 1.165) is 0 Å². The first-order valence-corrected chi connectivity index (χ1v) is 5.98. The maximum atomic E-state index is 12.1. The van der Waals surface area contributed by atoms with Gasteiger partial charge in [0.1, 0.15) is 0 Å². The number of rotatable bonds is 5. The Kier molecular flexibility index (Phi) is 4.95. The van der Waals surface area contributed by atoms with Crippen LogP contribution in [0.25, 0.3) is 0 Å². The lowest BCUT2D eigenvalue weighted by molar-refractivity contribution is -0.141. The Morgan fingerprint density at radius 1 is 1.41 bits per heavy atom. The van der Waals surface area contributed by atoms with Crippen LogP contribution in [0.4, 0.5) is 0 Å². The molecule has 0 saturated heterocycles. The molecule has 1 amide bonds. The molecule has 5 nitrogen and oxygen atoms in total. The summed E-state index contributed by atoms with van der Waals surface area (Å²) in [6, 6.07) is 2.02. The summed E-state index contributed by atoms with van der Waals surface area (Å²) >= 11 is 0. The van der Waals surface area contributed by atoms with E-state index in [9.17, 15) is 9.59 Å².